The summed E-state index contributed by atoms with van der Waals surface area (Å²) in [5, 5.41) is 12.3. The van der Waals surface area contributed by atoms with Gasteiger partial charge in [-0.1, -0.05) is 37.6 Å². The summed E-state index contributed by atoms with van der Waals surface area (Å²) < 4.78 is 0. The van der Waals surface area contributed by atoms with Crippen LogP contribution in [0, 0.1) is 5.41 Å². The van der Waals surface area contributed by atoms with Crippen LogP contribution < -0.4 is 5.32 Å². The van der Waals surface area contributed by atoms with E-state index in [0.29, 0.717) is 23.4 Å². The van der Waals surface area contributed by atoms with Crippen LogP contribution in [0.3, 0.4) is 0 Å². The highest BCUT2D eigenvalue weighted by Crippen LogP contribution is 2.26. The molecule has 0 fully saturated rings. The Morgan fingerprint density at radius 1 is 1.26 bits per heavy atom. The molecule has 0 saturated heterocycles. The molecular weight excluding hydrogens is 266 g/mol. The molecule has 5 heteroatoms. The van der Waals surface area contributed by atoms with Gasteiger partial charge in [-0.2, -0.15) is 0 Å². The molecule has 0 bridgehead atoms. The van der Waals surface area contributed by atoms with Gasteiger partial charge in [0.05, 0.1) is 16.0 Å². The molecule has 1 aromatic rings. The molecule has 19 heavy (non-hydrogen) atoms. The van der Waals surface area contributed by atoms with Gasteiger partial charge in [-0.15, -0.1) is 0 Å². The third-order valence-electron chi connectivity index (χ3n) is 3.51. The van der Waals surface area contributed by atoms with Crippen molar-refractivity contribution < 1.29 is 14.7 Å². The molecule has 0 aromatic heterocycles. The zero-order valence-electron chi connectivity index (χ0n) is 11.1. The third-order valence-corrected chi connectivity index (χ3v) is 3.84. The largest absolute Gasteiger partial charge is 0.481 e. The van der Waals surface area contributed by atoms with Crippen LogP contribution in [0.2, 0.25) is 5.02 Å². The van der Waals surface area contributed by atoms with Crippen molar-refractivity contribution in [3.05, 3.63) is 34.9 Å². The predicted molar refractivity (Wildman–Crippen MR) is 74.4 cm³/mol. The quantitative estimate of drug-likeness (QED) is 0.843. The molecule has 0 heterocycles. The summed E-state index contributed by atoms with van der Waals surface area (Å²) in [5.41, 5.74) is -0.563. The fraction of sp³-hybridized carbons (Fsp3) is 0.429. The first-order valence-electron chi connectivity index (χ1n) is 6.23. The molecule has 104 valence electrons. The number of carboxylic acid groups (broad SMARTS) is 1. The van der Waals surface area contributed by atoms with Crippen LogP contribution in [-0.2, 0) is 4.79 Å². The Hall–Kier alpha value is -1.55. The smallest absolute Gasteiger partial charge is 0.311 e. The van der Waals surface area contributed by atoms with E-state index in [4.69, 9.17) is 11.6 Å². The number of carbonyl (C=O) groups excluding carboxylic acids is 1. The van der Waals surface area contributed by atoms with Gasteiger partial charge in [-0.3, -0.25) is 9.59 Å². The summed E-state index contributed by atoms with van der Waals surface area (Å²) in [6.45, 7) is 3.71. The highest BCUT2D eigenvalue weighted by molar-refractivity contribution is 6.33. The third kappa shape index (κ3) is 3.47. The number of amides is 1. The number of benzene rings is 1. The number of nitrogens with one attached hydrogen (secondary N) is 1. The first kappa shape index (κ1) is 15.5. The van der Waals surface area contributed by atoms with E-state index in [2.05, 4.69) is 5.32 Å². The Morgan fingerprint density at radius 3 is 2.32 bits per heavy atom. The van der Waals surface area contributed by atoms with Gasteiger partial charge in [-0.05, 0) is 25.0 Å². The minimum absolute atomic E-state index is 0.0966. The molecule has 1 amide bonds. The zero-order valence-corrected chi connectivity index (χ0v) is 11.8. The van der Waals surface area contributed by atoms with Crippen molar-refractivity contribution in [1.82, 2.24) is 5.32 Å². The van der Waals surface area contributed by atoms with Crippen molar-refractivity contribution in [3.8, 4) is 0 Å². The molecule has 1 aromatic carbocycles. The molecule has 0 radical (unpaired) electrons. The average Bonchev–Trinajstić information content (AvgIpc) is 2.40. The molecule has 0 spiro atoms. The molecule has 0 aliphatic heterocycles. The van der Waals surface area contributed by atoms with E-state index in [1.807, 2.05) is 0 Å². The van der Waals surface area contributed by atoms with Crippen molar-refractivity contribution in [2.24, 2.45) is 5.41 Å². The summed E-state index contributed by atoms with van der Waals surface area (Å²) in [6, 6.07) is 6.68. The lowest BCUT2D eigenvalue weighted by Crippen LogP contribution is -2.42. The van der Waals surface area contributed by atoms with E-state index in [1.165, 1.54) is 0 Å². The molecule has 1 rings (SSSR count). The molecule has 0 aliphatic carbocycles. The molecule has 0 unspecified atom stereocenters. The molecule has 0 saturated carbocycles. The number of carboxylic acids is 1. The Labute approximate surface area is 117 Å². The first-order valence-corrected chi connectivity index (χ1v) is 6.60. The van der Waals surface area contributed by atoms with Crippen LogP contribution in [0.1, 0.15) is 37.0 Å². The van der Waals surface area contributed by atoms with E-state index in [0.717, 1.165) is 0 Å². The number of halogens is 1. The van der Waals surface area contributed by atoms with E-state index < -0.39 is 11.4 Å². The van der Waals surface area contributed by atoms with Gasteiger partial charge >= 0.3 is 5.97 Å². The van der Waals surface area contributed by atoms with E-state index in [-0.39, 0.29) is 12.5 Å². The lowest BCUT2D eigenvalue weighted by molar-refractivity contribution is -0.149. The predicted octanol–water partition coefficient (Wildman–Crippen LogP) is 2.96. The van der Waals surface area contributed by atoms with E-state index in [9.17, 15) is 14.7 Å². The van der Waals surface area contributed by atoms with Crippen molar-refractivity contribution in [2.75, 3.05) is 6.54 Å². The first-order chi connectivity index (χ1) is 8.96. The van der Waals surface area contributed by atoms with Gasteiger partial charge in [0.2, 0.25) is 0 Å². The van der Waals surface area contributed by atoms with E-state index in [1.54, 1.807) is 38.1 Å². The number of aliphatic carboxylic acids is 1. The molecule has 0 atom stereocenters. The number of rotatable bonds is 6. The van der Waals surface area contributed by atoms with Gasteiger partial charge in [0.25, 0.3) is 5.91 Å². The van der Waals surface area contributed by atoms with Crippen molar-refractivity contribution in [1.29, 1.82) is 0 Å². The van der Waals surface area contributed by atoms with Gasteiger partial charge in [0.1, 0.15) is 0 Å². The average molecular weight is 284 g/mol. The van der Waals surface area contributed by atoms with E-state index >= 15 is 0 Å². The fourth-order valence-corrected chi connectivity index (χ4v) is 2.09. The second-order valence-electron chi connectivity index (χ2n) is 4.46. The normalized spacial score (nSPS) is 11.1. The minimum Gasteiger partial charge on any atom is -0.481 e. The van der Waals surface area contributed by atoms with Crippen LogP contribution in [0.5, 0.6) is 0 Å². The lowest BCUT2D eigenvalue weighted by atomic mass is 9.82. The molecule has 4 nitrogen and oxygen atoms in total. The Morgan fingerprint density at radius 2 is 1.84 bits per heavy atom. The number of carbonyl (C=O) groups is 2. The zero-order chi connectivity index (χ0) is 14.5. The Kier molecular flexibility index (Phi) is 5.36. The van der Waals surface area contributed by atoms with Crippen LogP contribution in [0.15, 0.2) is 24.3 Å². The van der Waals surface area contributed by atoms with Gasteiger partial charge in [0, 0.05) is 6.54 Å². The summed E-state index contributed by atoms with van der Waals surface area (Å²) in [6.07, 6.45) is 0.920. The topological polar surface area (TPSA) is 66.4 Å². The summed E-state index contributed by atoms with van der Waals surface area (Å²) in [7, 11) is 0. The fourth-order valence-electron chi connectivity index (χ4n) is 1.87. The van der Waals surface area contributed by atoms with Crippen LogP contribution in [-0.4, -0.2) is 23.5 Å². The van der Waals surface area contributed by atoms with Gasteiger partial charge < -0.3 is 10.4 Å². The monoisotopic (exact) mass is 283 g/mol. The maximum Gasteiger partial charge on any atom is 0.311 e. The summed E-state index contributed by atoms with van der Waals surface area (Å²) in [4.78, 5) is 23.3. The molecule has 2 N–H and O–H groups in total. The van der Waals surface area contributed by atoms with Crippen molar-refractivity contribution in [2.45, 2.75) is 26.7 Å². The van der Waals surface area contributed by atoms with Gasteiger partial charge in [-0.25, -0.2) is 0 Å². The van der Waals surface area contributed by atoms with Crippen molar-refractivity contribution in [3.63, 3.8) is 0 Å². The standard InChI is InChI=1S/C14H18ClNO3/c1-3-14(4-2,13(18)19)9-16-12(17)10-7-5-6-8-11(10)15/h5-8H,3-4,9H2,1-2H3,(H,16,17)(H,18,19). The Bertz CT molecular complexity index is 470. The molecule has 0 aliphatic rings. The van der Waals surface area contributed by atoms with Crippen LogP contribution in [0.25, 0.3) is 0 Å². The Balaban J connectivity index is 2.79. The highest BCUT2D eigenvalue weighted by Gasteiger charge is 2.35. The summed E-state index contributed by atoms with van der Waals surface area (Å²) >= 11 is 5.92. The number of hydrogen-bond donors (Lipinski definition) is 2. The molecular formula is C14H18ClNO3. The van der Waals surface area contributed by atoms with Crippen molar-refractivity contribution >= 4 is 23.5 Å². The second kappa shape index (κ2) is 6.57. The second-order valence-corrected chi connectivity index (χ2v) is 4.86. The van der Waals surface area contributed by atoms with Crippen LogP contribution >= 0.6 is 11.6 Å². The van der Waals surface area contributed by atoms with Crippen LogP contribution in [0.4, 0.5) is 0 Å². The lowest BCUT2D eigenvalue weighted by Gasteiger charge is -2.26. The highest BCUT2D eigenvalue weighted by atomic mass is 35.5. The van der Waals surface area contributed by atoms with Gasteiger partial charge in [0.15, 0.2) is 0 Å². The maximum atomic E-state index is 12.0. The number of hydrogen-bond acceptors (Lipinski definition) is 2. The maximum absolute atomic E-state index is 12.0. The summed E-state index contributed by atoms with van der Waals surface area (Å²) in [5.74, 6) is -1.24. The minimum atomic E-state index is -0.920. The SMILES string of the molecule is CCC(CC)(CNC(=O)c1ccccc1Cl)C(=O)O.